The predicted octanol–water partition coefficient (Wildman–Crippen LogP) is 3.16. The van der Waals surface area contributed by atoms with Crippen LogP contribution in [-0.4, -0.2) is 15.7 Å². The van der Waals surface area contributed by atoms with E-state index in [9.17, 15) is 18.0 Å². The number of hydrogen-bond acceptors (Lipinski definition) is 2. The van der Waals surface area contributed by atoms with Gasteiger partial charge in [-0.25, -0.2) is 0 Å². The molecule has 0 unspecified atom stereocenters. The zero-order chi connectivity index (χ0) is 16.3. The number of carbonyl (C=O) groups is 1. The Morgan fingerprint density at radius 3 is 2.68 bits per heavy atom. The van der Waals surface area contributed by atoms with E-state index in [-0.39, 0.29) is 12.5 Å². The van der Waals surface area contributed by atoms with Gasteiger partial charge in [0, 0.05) is 19.3 Å². The Labute approximate surface area is 125 Å². The fourth-order valence-corrected chi connectivity index (χ4v) is 2.04. The fraction of sp³-hybridized carbons (Fsp3) is 0.333. The Hall–Kier alpha value is -2.31. The molecule has 1 amide bonds. The van der Waals surface area contributed by atoms with Gasteiger partial charge in [-0.05, 0) is 31.5 Å². The van der Waals surface area contributed by atoms with E-state index >= 15 is 0 Å². The summed E-state index contributed by atoms with van der Waals surface area (Å²) in [6, 6.07) is 4.89. The monoisotopic (exact) mass is 311 g/mol. The van der Waals surface area contributed by atoms with Crippen molar-refractivity contribution >= 4 is 5.91 Å². The second-order valence-electron chi connectivity index (χ2n) is 4.86. The van der Waals surface area contributed by atoms with Crippen molar-refractivity contribution in [3.05, 3.63) is 52.8 Å². The van der Waals surface area contributed by atoms with E-state index in [0.29, 0.717) is 23.4 Å². The van der Waals surface area contributed by atoms with E-state index in [0.717, 1.165) is 12.1 Å². The minimum Gasteiger partial charge on any atom is -0.348 e. The van der Waals surface area contributed by atoms with Crippen LogP contribution in [0.25, 0.3) is 0 Å². The summed E-state index contributed by atoms with van der Waals surface area (Å²) in [4.78, 5) is 12.1. The molecule has 0 atom stereocenters. The second-order valence-corrected chi connectivity index (χ2v) is 4.86. The van der Waals surface area contributed by atoms with Gasteiger partial charge in [0.05, 0.1) is 16.8 Å². The molecule has 1 N–H and O–H groups in total. The van der Waals surface area contributed by atoms with Crippen molar-refractivity contribution in [2.24, 2.45) is 0 Å². The highest BCUT2D eigenvalue weighted by molar-refractivity contribution is 5.94. The van der Waals surface area contributed by atoms with Gasteiger partial charge in [0.2, 0.25) is 0 Å². The van der Waals surface area contributed by atoms with Crippen molar-refractivity contribution in [3.8, 4) is 0 Å². The number of aromatic nitrogens is 2. The van der Waals surface area contributed by atoms with Gasteiger partial charge < -0.3 is 5.32 Å². The molecule has 0 bridgehead atoms. The lowest BCUT2D eigenvalue weighted by Gasteiger charge is -2.09. The summed E-state index contributed by atoms with van der Waals surface area (Å²) >= 11 is 0. The number of nitrogens with zero attached hydrogens (tertiary/aromatic N) is 2. The number of halogens is 3. The number of nitrogens with one attached hydrogen (secondary N) is 1. The van der Waals surface area contributed by atoms with E-state index < -0.39 is 11.7 Å². The van der Waals surface area contributed by atoms with Gasteiger partial charge in [-0.15, -0.1) is 0 Å². The zero-order valence-corrected chi connectivity index (χ0v) is 12.2. The van der Waals surface area contributed by atoms with Gasteiger partial charge in [-0.3, -0.25) is 9.48 Å². The first-order chi connectivity index (χ1) is 10.3. The highest BCUT2D eigenvalue weighted by Gasteiger charge is 2.30. The number of carbonyl (C=O) groups excluding carboxylic acids is 1. The molecular weight excluding hydrogens is 295 g/mol. The van der Waals surface area contributed by atoms with Crippen LogP contribution < -0.4 is 5.32 Å². The summed E-state index contributed by atoms with van der Waals surface area (Å²) in [6.07, 6.45) is -2.77. The molecule has 4 nitrogen and oxygen atoms in total. The van der Waals surface area contributed by atoms with Crippen molar-refractivity contribution in [1.29, 1.82) is 0 Å². The molecule has 118 valence electrons. The predicted molar refractivity (Wildman–Crippen MR) is 75.3 cm³/mol. The van der Waals surface area contributed by atoms with Crippen LogP contribution in [0, 0.1) is 6.92 Å². The molecule has 2 rings (SSSR count). The van der Waals surface area contributed by atoms with Gasteiger partial charge in [-0.1, -0.05) is 12.1 Å². The number of amides is 1. The topological polar surface area (TPSA) is 46.9 Å². The molecule has 0 aliphatic rings. The Balaban J connectivity index is 2.06. The molecule has 22 heavy (non-hydrogen) atoms. The van der Waals surface area contributed by atoms with Crippen molar-refractivity contribution in [2.45, 2.75) is 33.1 Å². The SMILES string of the molecule is CCn1cc(C(=O)NCc2cccc(C(F)(F)F)c2)c(C)n1. The number of alkyl halides is 3. The number of benzene rings is 1. The summed E-state index contributed by atoms with van der Waals surface area (Å²) in [6.45, 7) is 4.28. The van der Waals surface area contributed by atoms with Crippen LogP contribution in [0.15, 0.2) is 30.5 Å². The minimum absolute atomic E-state index is 0.0273. The molecule has 7 heteroatoms. The molecule has 0 saturated heterocycles. The van der Waals surface area contributed by atoms with Crippen molar-refractivity contribution in [1.82, 2.24) is 15.1 Å². The van der Waals surface area contributed by atoms with Gasteiger partial charge in [0.25, 0.3) is 5.91 Å². The molecule has 0 aliphatic heterocycles. The molecule has 0 fully saturated rings. The van der Waals surface area contributed by atoms with E-state index in [1.54, 1.807) is 17.8 Å². The Kier molecular flexibility index (Phi) is 4.54. The van der Waals surface area contributed by atoms with Gasteiger partial charge in [0.15, 0.2) is 0 Å². The van der Waals surface area contributed by atoms with Crippen LogP contribution in [0.3, 0.4) is 0 Å². The molecule has 1 heterocycles. The van der Waals surface area contributed by atoms with Crippen molar-refractivity contribution in [2.75, 3.05) is 0 Å². The highest BCUT2D eigenvalue weighted by atomic mass is 19.4. The Bertz CT molecular complexity index is 677. The van der Waals surface area contributed by atoms with Crippen LogP contribution in [0.1, 0.15) is 34.1 Å². The fourth-order valence-electron chi connectivity index (χ4n) is 2.04. The van der Waals surface area contributed by atoms with E-state index in [2.05, 4.69) is 10.4 Å². The maximum Gasteiger partial charge on any atom is 0.416 e. The number of hydrogen-bond donors (Lipinski definition) is 1. The van der Waals surface area contributed by atoms with E-state index in [1.165, 1.54) is 12.1 Å². The Morgan fingerprint density at radius 1 is 1.36 bits per heavy atom. The maximum absolute atomic E-state index is 12.6. The first-order valence-corrected chi connectivity index (χ1v) is 6.79. The third-order valence-corrected chi connectivity index (χ3v) is 3.22. The lowest BCUT2D eigenvalue weighted by molar-refractivity contribution is -0.137. The summed E-state index contributed by atoms with van der Waals surface area (Å²) in [5.41, 5.74) is 0.676. The van der Waals surface area contributed by atoms with Crippen LogP contribution in [-0.2, 0) is 19.3 Å². The molecule has 0 spiro atoms. The van der Waals surface area contributed by atoms with E-state index in [4.69, 9.17) is 0 Å². The molecule has 0 radical (unpaired) electrons. The number of aryl methyl sites for hydroxylation is 2. The largest absolute Gasteiger partial charge is 0.416 e. The summed E-state index contributed by atoms with van der Waals surface area (Å²) in [5.74, 6) is -0.352. The van der Waals surface area contributed by atoms with Gasteiger partial charge in [-0.2, -0.15) is 18.3 Å². The lowest BCUT2D eigenvalue weighted by atomic mass is 10.1. The second kappa shape index (κ2) is 6.21. The molecule has 0 aliphatic carbocycles. The smallest absolute Gasteiger partial charge is 0.348 e. The van der Waals surface area contributed by atoms with Crippen LogP contribution >= 0.6 is 0 Å². The Morgan fingerprint density at radius 2 is 2.09 bits per heavy atom. The van der Waals surface area contributed by atoms with Crippen molar-refractivity contribution in [3.63, 3.8) is 0 Å². The van der Waals surface area contributed by atoms with Crippen LogP contribution in [0.2, 0.25) is 0 Å². The van der Waals surface area contributed by atoms with Gasteiger partial charge in [0.1, 0.15) is 0 Å². The average molecular weight is 311 g/mol. The lowest BCUT2D eigenvalue weighted by Crippen LogP contribution is -2.23. The standard InChI is InChI=1S/C15H16F3N3O/c1-3-21-9-13(10(2)20-21)14(22)19-8-11-5-4-6-12(7-11)15(16,17)18/h4-7,9H,3,8H2,1-2H3,(H,19,22). The highest BCUT2D eigenvalue weighted by Crippen LogP contribution is 2.29. The van der Waals surface area contributed by atoms with E-state index in [1.807, 2.05) is 6.92 Å². The summed E-state index contributed by atoms with van der Waals surface area (Å²) in [5, 5.41) is 6.77. The molecule has 1 aromatic heterocycles. The molecule has 1 aromatic carbocycles. The normalized spacial score (nSPS) is 11.5. The van der Waals surface area contributed by atoms with Crippen molar-refractivity contribution < 1.29 is 18.0 Å². The zero-order valence-electron chi connectivity index (χ0n) is 12.2. The first kappa shape index (κ1) is 16.1. The average Bonchev–Trinajstić information content (AvgIpc) is 2.85. The molecule has 0 saturated carbocycles. The third kappa shape index (κ3) is 3.66. The summed E-state index contributed by atoms with van der Waals surface area (Å²) in [7, 11) is 0. The number of rotatable bonds is 4. The third-order valence-electron chi connectivity index (χ3n) is 3.22. The maximum atomic E-state index is 12.6. The molecular formula is C15H16F3N3O. The molecule has 2 aromatic rings. The van der Waals surface area contributed by atoms with Gasteiger partial charge >= 0.3 is 6.18 Å². The van der Waals surface area contributed by atoms with Crippen LogP contribution in [0.4, 0.5) is 13.2 Å². The summed E-state index contributed by atoms with van der Waals surface area (Å²) < 4.78 is 39.5. The minimum atomic E-state index is -4.39. The van der Waals surface area contributed by atoms with Crippen LogP contribution in [0.5, 0.6) is 0 Å². The first-order valence-electron chi connectivity index (χ1n) is 6.79. The quantitative estimate of drug-likeness (QED) is 0.943.